The molecule has 0 aliphatic heterocycles. The Kier molecular flexibility index (Phi) is 4.13. The summed E-state index contributed by atoms with van der Waals surface area (Å²) in [5.74, 6) is 0.497. The van der Waals surface area contributed by atoms with Crippen molar-refractivity contribution >= 4 is 0 Å². The highest BCUT2D eigenvalue weighted by Gasteiger charge is 1.95. The molecule has 0 unspecified atom stereocenters. The number of halogens is 1. The first-order valence-electron chi connectivity index (χ1n) is 4.44. The molecule has 1 rings (SSSR count). The Morgan fingerprint density at radius 1 is 1.57 bits per heavy atom. The molecule has 14 heavy (non-hydrogen) atoms. The van der Waals surface area contributed by atoms with Crippen LogP contribution in [0, 0.1) is 0 Å². The lowest BCUT2D eigenvalue weighted by atomic mass is 10.1. The lowest BCUT2D eigenvalue weighted by molar-refractivity contribution is 0.414. The van der Waals surface area contributed by atoms with Gasteiger partial charge in [-0.15, -0.1) is 0 Å². The van der Waals surface area contributed by atoms with Gasteiger partial charge in [-0.2, -0.15) is 0 Å². The van der Waals surface area contributed by atoms with Gasteiger partial charge in [0.1, 0.15) is 11.6 Å². The zero-order valence-electron chi connectivity index (χ0n) is 8.16. The van der Waals surface area contributed by atoms with E-state index in [9.17, 15) is 4.39 Å². The summed E-state index contributed by atoms with van der Waals surface area (Å²) in [6.07, 6.45) is 2.02. The molecule has 0 bridgehead atoms. The summed E-state index contributed by atoms with van der Waals surface area (Å²) in [5, 5.41) is 0. The molecule has 0 heterocycles. The zero-order valence-corrected chi connectivity index (χ0v) is 8.16. The lowest BCUT2D eigenvalue weighted by Gasteiger charge is -2.01. The van der Waals surface area contributed by atoms with Gasteiger partial charge >= 0.3 is 0 Å². The van der Waals surface area contributed by atoms with Crippen LogP contribution in [0.4, 0.5) is 4.39 Å². The predicted molar refractivity (Wildman–Crippen MR) is 54.9 cm³/mol. The first kappa shape index (κ1) is 10.7. The van der Waals surface area contributed by atoms with E-state index in [0.29, 0.717) is 6.42 Å². The molecule has 1 aromatic rings. The maximum absolute atomic E-state index is 12.7. The number of benzene rings is 1. The highest BCUT2D eigenvalue weighted by Crippen LogP contribution is 2.13. The average Bonchev–Trinajstić information content (AvgIpc) is 2.26. The third kappa shape index (κ3) is 3.18. The molecule has 2 nitrogen and oxygen atoms in total. The molecule has 0 saturated carbocycles. The summed E-state index contributed by atoms with van der Waals surface area (Å²) < 4.78 is 17.8. The predicted octanol–water partition coefficient (Wildman–Crippen LogP) is 2.05. The minimum atomic E-state index is -0.284. The number of nitrogens with two attached hydrogens (primary N) is 1. The molecule has 0 aliphatic carbocycles. The summed E-state index contributed by atoms with van der Waals surface area (Å²) in [4.78, 5) is 0. The third-order valence-electron chi connectivity index (χ3n) is 1.89. The number of ether oxygens (including phenoxy) is 1. The van der Waals surface area contributed by atoms with E-state index in [1.807, 2.05) is 24.3 Å². The second-order valence-electron chi connectivity index (χ2n) is 2.91. The van der Waals surface area contributed by atoms with Crippen molar-refractivity contribution in [2.45, 2.75) is 6.42 Å². The van der Waals surface area contributed by atoms with Crippen molar-refractivity contribution in [1.29, 1.82) is 0 Å². The minimum Gasteiger partial charge on any atom is -0.497 e. The van der Waals surface area contributed by atoms with Crippen LogP contribution in [-0.4, -0.2) is 13.7 Å². The van der Waals surface area contributed by atoms with Crippen LogP contribution in [0.15, 0.2) is 36.2 Å². The van der Waals surface area contributed by atoms with Gasteiger partial charge < -0.3 is 10.5 Å². The second-order valence-corrected chi connectivity index (χ2v) is 2.91. The molecule has 3 heteroatoms. The molecule has 0 fully saturated rings. The van der Waals surface area contributed by atoms with E-state index < -0.39 is 0 Å². The van der Waals surface area contributed by atoms with Crippen molar-refractivity contribution in [2.75, 3.05) is 13.7 Å². The van der Waals surface area contributed by atoms with Crippen molar-refractivity contribution < 1.29 is 9.13 Å². The topological polar surface area (TPSA) is 35.2 Å². The fourth-order valence-corrected chi connectivity index (χ4v) is 1.11. The first-order chi connectivity index (χ1) is 6.76. The number of hydrogen-bond acceptors (Lipinski definition) is 2. The van der Waals surface area contributed by atoms with Gasteiger partial charge in [-0.3, -0.25) is 0 Å². The van der Waals surface area contributed by atoms with Gasteiger partial charge in [0.25, 0.3) is 0 Å². The van der Waals surface area contributed by atoms with Crippen LogP contribution in [0.5, 0.6) is 5.75 Å². The fraction of sp³-hybridized carbons (Fsp3) is 0.273. The maximum atomic E-state index is 12.7. The molecule has 0 radical (unpaired) electrons. The Morgan fingerprint density at radius 2 is 2.36 bits per heavy atom. The van der Waals surface area contributed by atoms with Crippen molar-refractivity contribution in [3.63, 3.8) is 0 Å². The Morgan fingerprint density at radius 3 is 3.00 bits per heavy atom. The standard InChI is InChI=1S/C11H14FNO/c1-14-11-4-2-3-9(7-11)5-6-10(12)8-13/h2-4,6-7H,5,8,13H2,1H3/b10-6-. The van der Waals surface area contributed by atoms with E-state index in [1.165, 1.54) is 6.08 Å². The average molecular weight is 195 g/mol. The first-order valence-corrected chi connectivity index (χ1v) is 4.44. The molecule has 0 saturated heterocycles. The largest absolute Gasteiger partial charge is 0.497 e. The Balaban J connectivity index is 2.67. The van der Waals surface area contributed by atoms with Crippen molar-refractivity contribution in [1.82, 2.24) is 0 Å². The van der Waals surface area contributed by atoms with Crippen molar-refractivity contribution in [2.24, 2.45) is 5.73 Å². The number of rotatable bonds is 4. The van der Waals surface area contributed by atoms with E-state index in [2.05, 4.69) is 0 Å². The molecule has 0 amide bonds. The van der Waals surface area contributed by atoms with Gasteiger partial charge in [-0.25, -0.2) is 4.39 Å². The van der Waals surface area contributed by atoms with Crippen LogP contribution in [0.3, 0.4) is 0 Å². The zero-order chi connectivity index (χ0) is 10.4. The molecule has 76 valence electrons. The normalized spacial score (nSPS) is 11.5. The molecule has 1 aromatic carbocycles. The summed E-state index contributed by atoms with van der Waals surface area (Å²) in [6.45, 7) is -0.0377. The Labute approximate surface area is 83.2 Å². The third-order valence-corrected chi connectivity index (χ3v) is 1.89. The van der Waals surface area contributed by atoms with Crippen molar-refractivity contribution in [3.05, 3.63) is 41.7 Å². The quantitative estimate of drug-likeness (QED) is 0.798. The molecule has 2 N–H and O–H groups in total. The van der Waals surface area contributed by atoms with Gasteiger partial charge in [0.2, 0.25) is 0 Å². The summed E-state index contributed by atoms with van der Waals surface area (Å²) >= 11 is 0. The van der Waals surface area contributed by atoms with Gasteiger partial charge in [0, 0.05) is 6.54 Å². The molecular formula is C11H14FNO. The van der Waals surface area contributed by atoms with Gasteiger partial charge in [0.15, 0.2) is 0 Å². The van der Waals surface area contributed by atoms with Gasteiger partial charge in [-0.1, -0.05) is 12.1 Å². The van der Waals surface area contributed by atoms with Gasteiger partial charge in [0.05, 0.1) is 7.11 Å². The second kappa shape index (κ2) is 5.40. The van der Waals surface area contributed by atoms with E-state index in [4.69, 9.17) is 10.5 Å². The van der Waals surface area contributed by atoms with Crippen LogP contribution in [-0.2, 0) is 6.42 Å². The van der Waals surface area contributed by atoms with Gasteiger partial charge in [-0.05, 0) is 30.2 Å². The minimum absolute atomic E-state index is 0.0377. The van der Waals surface area contributed by atoms with E-state index in [-0.39, 0.29) is 12.4 Å². The Hall–Kier alpha value is -1.35. The molecule has 0 spiro atoms. The molecule has 0 atom stereocenters. The number of hydrogen-bond donors (Lipinski definition) is 1. The van der Waals surface area contributed by atoms with Crippen molar-refractivity contribution in [3.8, 4) is 5.75 Å². The lowest BCUT2D eigenvalue weighted by Crippen LogP contribution is -1.99. The van der Waals surface area contributed by atoms with Crippen LogP contribution in [0.2, 0.25) is 0 Å². The Bertz CT molecular complexity index is 323. The number of methoxy groups -OCH3 is 1. The maximum Gasteiger partial charge on any atom is 0.119 e. The number of allylic oxidation sites excluding steroid dienone is 1. The smallest absolute Gasteiger partial charge is 0.119 e. The fourth-order valence-electron chi connectivity index (χ4n) is 1.11. The highest BCUT2D eigenvalue weighted by molar-refractivity contribution is 5.29. The molecular weight excluding hydrogens is 181 g/mol. The summed E-state index contributed by atoms with van der Waals surface area (Å²) in [5.41, 5.74) is 6.13. The van der Waals surface area contributed by atoms with E-state index in [1.54, 1.807) is 7.11 Å². The van der Waals surface area contributed by atoms with E-state index >= 15 is 0 Å². The molecule has 0 aliphatic rings. The molecule has 0 aromatic heterocycles. The monoisotopic (exact) mass is 195 g/mol. The van der Waals surface area contributed by atoms with Crippen LogP contribution >= 0.6 is 0 Å². The highest BCUT2D eigenvalue weighted by atomic mass is 19.1. The van der Waals surface area contributed by atoms with E-state index in [0.717, 1.165) is 11.3 Å². The summed E-state index contributed by atoms with van der Waals surface area (Å²) in [6, 6.07) is 7.53. The van der Waals surface area contributed by atoms with Crippen LogP contribution in [0.1, 0.15) is 5.56 Å². The van der Waals surface area contributed by atoms with Crippen LogP contribution < -0.4 is 10.5 Å². The van der Waals surface area contributed by atoms with Crippen LogP contribution in [0.25, 0.3) is 0 Å². The summed E-state index contributed by atoms with van der Waals surface area (Å²) in [7, 11) is 1.61. The SMILES string of the molecule is COc1cccc(C/C=C(\F)CN)c1.